The van der Waals surface area contributed by atoms with Gasteiger partial charge in [-0.05, 0) is 47.9 Å². The maximum Gasteiger partial charge on any atom is 0.123 e. The highest BCUT2D eigenvalue weighted by Gasteiger charge is 2.19. The Balaban J connectivity index is 2.02. The maximum absolute atomic E-state index is 13.3. The quantitative estimate of drug-likeness (QED) is 0.451. The Labute approximate surface area is 173 Å². The molecule has 0 aromatic heterocycles. The highest BCUT2D eigenvalue weighted by molar-refractivity contribution is 5.68. The highest BCUT2D eigenvalue weighted by atomic mass is 19.1. The van der Waals surface area contributed by atoms with Crippen LogP contribution in [0.1, 0.15) is 38.3 Å². The Morgan fingerprint density at radius 3 is 1.90 bits per heavy atom. The zero-order valence-corrected chi connectivity index (χ0v) is 17.1. The van der Waals surface area contributed by atoms with E-state index in [0.717, 1.165) is 29.1 Å². The minimum atomic E-state index is -0.244. The lowest BCUT2D eigenvalue weighted by Gasteiger charge is -2.30. The van der Waals surface area contributed by atoms with Gasteiger partial charge in [0.05, 0.1) is 0 Å². The van der Waals surface area contributed by atoms with Crippen molar-refractivity contribution in [1.82, 2.24) is 0 Å². The van der Waals surface area contributed by atoms with Crippen molar-refractivity contribution >= 4 is 11.4 Å². The molecule has 0 aliphatic heterocycles. The van der Waals surface area contributed by atoms with Crippen molar-refractivity contribution < 1.29 is 4.39 Å². The summed E-state index contributed by atoms with van der Waals surface area (Å²) < 4.78 is 13.3. The lowest BCUT2D eigenvalue weighted by atomic mass is 9.98. The molecule has 150 valence electrons. The molecular formula is C26H29FN2. The summed E-state index contributed by atoms with van der Waals surface area (Å²) in [4.78, 5) is 2.27. The number of hydrogen-bond acceptors (Lipinski definition) is 2. The Morgan fingerprint density at radius 2 is 1.41 bits per heavy atom. The third-order valence-electron chi connectivity index (χ3n) is 5.16. The van der Waals surface area contributed by atoms with E-state index < -0.39 is 0 Å². The summed E-state index contributed by atoms with van der Waals surface area (Å²) in [5.41, 5.74) is 10.8. The molecule has 2 unspecified atom stereocenters. The predicted octanol–water partition coefficient (Wildman–Crippen LogP) is 6.98. The molecule has 29 heavy (non-hydrogen) atoms. The first kappa shape index (κ1) is 20.8. The van der Waals surface area contributed by atoms with Crippen molar-refractivity contribution in [3.63, 3.8) is 0 Å². The summed E-state index contributed by atoms with van der Waals surface area (Å²) in [5, 5.41) is 0. The van der Waals surface area contributed by atoms with Crippen LogP contribution in [0.5, 0.6) is 0 Å². The van der Waals surface area contributed by atoms with Gasteiger partial charge in [-0.3, -0.25) is 0 Å². The fourth-order valence-corrected chi connectivity index (χ4v) is 3.37. The first-order valence-corrected chi connectivity index (χ1v) is 10.2. The largest absolute Gasteiger partial charge is 0.324 e. The van der Waals surface area contributed by atoms with Gasteiger partial charge in [0.1, 0.15) is 5.82 Å². The van der Waals surface area contributed by atoms with E-state index in [4.69, 9.17) is 5.73 Å². The fraction of sp³-hybridized carbons (Fsp3) is 0.231. The molecule has 0 heterocycles. The summed E-state index contributed by atoms with van der Waals surface area (Å²) >= 11 is 0. The first-order valence-electron chi connectivity index (χ1n) is 10.2. The summed E-state index contributed by atoms with van der Waals surface area (Å²) in [6.45, 7) is 4.41. The molecule has 0 saturated carbocycles. The molecule has 3 heteroatoms. The zero-order chi connectivity index (χ0) is 20.6. The first-order chi connectivity index (χ1) is 14.1. The number of rotatable bonds is 8. The van der Waals surface area contributed by atoms with Gasteiger partial charge < -0.3 is 10.6 Å². The molecule has 0 fully saturated rings. The van der Waals surface area contributed by atoms with Crippen LogP contribution in [0.2, 0.25) is 0 Å². The van der Waals surface area contributed by atoms with Gasteiger partial charge in [0, 0.05) is 29.5 Å². The molecule has 0 bridgehead atoms. The standard InChI is InChI=1S/C26H29FN2/c1-3-20(2)18-25(19-26(28)21-14-16-22(27)17-15-21)29(23-10-6-4-7-11-23)24-12-8-5-9-13-24/h4-18,20,26H,3,19,28H2,1-2H3/b25-18+. The fourth-order valence-electron chi connectivity index (χ4n) is 3.37. The molecule has 2 atom stereocenters. The molecule has 0 aliphatic carbocycles. The smallest absolute Gasteiger partial charge is 0.123 e. The number of halogens is 1. The highest BCUT2D eigenvalue weighted by Crippen LogP contribution is 2.34. The van der Waals surface area contributed by atoms with E-state index in [2.05, 4.69) is 49.1 Å². The van der Waals surface area contributed by atoms with Gasteiger partial charge in [-0.2, -0.15) is 0 Å². The van der Waals surface area contributed by atoms with Crippen molar-refractivity contribution in [1.29, 1.82) is 0 Å². The molecule has 2 nitrogen and oxygen atoms in total. The van der Waals surface area contributed by atoms with Crippen molar-refractivity contribution in [3.05, 3.63) is 108 Å². The average Bonchev–Trinajstić information content (AvgIpc) is 2.75. The molecular weight excluding hydrogens is 359 g/mol. The molecule has 0 radical (unpaired) electrons. The van der Waals surface area contributed by atoms with Gasteiger partial charge in [0.2, 0.25) is 0 Å². The van der Waals surface area contributed by atoms with Gasteiger partial charge >= 0.3 is 0 Å². The molecule has 0 saturated heterocycles. The van der Waals surface area contributed by atoms with Crippen LogP contribution >= 0.6 is 0 Å². The van der Waals surface area contributed by atoms with E-state index in [1.807, 2.05) is 36.4 Å². The second kappa shape index (κ2) is 10.0. The molecule has 2 N–H and O–H groups in total. The van der Waals surface area contributed by atoms with E-state index in [1.165, 1.54) is 12.1 Å². The second-order valence-electron chi connectivity index (χ2n) is 7.41. The topological polar surface area (TPSA) is 29.3 Å². The molecule has 3 rings (SSSR count). The molecule has 3 aromatic carbocycles. The van der Waals surface area contributed by atoms with Crippen LogP contribution in [0.4, 0.5) is 15.8 Å². The number of benzene rings is 3. The van der Waals surface area contributed by atoms with E-state index in [1.54, 1.807) is 12.1 Å². The van der Waals surface area contributed by atoms with E-state index >= 15 is 0 Å². The van der Waals surface area contributed by atoms with Crippen LogP contribution in [0.15, 0.2) is 96.7 Å². The minimum absolute atomic E-state index is 0.221. The number of para-hydroxylation sites is 2. The summed E-state index contributed by atoms with van der Waals surface area (Å²) in [6.07, 6.45) is 4.01. The average molecular weight is 389 g/mol. The Kier molecular flexibility index (Phi) is 7.20. The van der Waals surface area contributed by atoms with Crippen LogP contribution in [0.3, 0.4) is 0 Å². The maximum atomic E-state index is 13.3. The lowest BCUT2D eigenvalue weighted by molar-refractivity contribution is 0.623. The third-order valence-corrected chi connectivity index (χ3v) is 5.16. The van der Waals surface area contributed by atoms with Crippen molar-refractivity contribution in [2.45, 2.75) is 32.7 Å². The van der Waals surface area contributed by atoms with Crippen molar-refractivity contribution in [2.24, 2.45) is 11.7 Å². The minimum Gasteiger partial charge on any atom is -0.324 e. The van der Waals surface area contributed by atoms with Gasteiger partial charge in [0.15, 0.2) is 0 Å². The van der Waals surface area contributed by atoms with Gasteiger partial charge in [-0.1, -0.05) is 74.9 Å². The number of hydrogen-bond donors (Lipinski definition) is 1. The van der Waals surface area contributed by atoms with Crippen LogP contribution < -0.4 is 10.6 Å². The van der Waals surface area contributed by atoms with Crippen molar-refractivity contribution in [3.8, 4) is 0 Å². The van der Waals surface area contributed by atoms with E-state index in [0.29, 0.717) is 12.3 Å². The van der Waals surface area contributed by atoms with Crippen LogP contribution in [0.25, 0.3) is 0 Å². The summed E-state index contributed by atoms with van der Waals surface area (Å²) in [6, 6.07) is 27.0. The van der Waals surface area contributed by atoms with Gasteiger partial charge in [0.25, 0.3) is 0 Å². The van der Waals surface area contributed by atoms with Crippen LogP contribution in [-0.4, -0.2) is 0 Å². The number of anilines is 2. The van der Waals surface area contributed by atoms with Gasteiger partial charge in [-0.15, -0.1) is 0 Å². The lowest BCUT2D eigenvalue weighted by Crippen LogP contribution is -2.22. The number of nitrogens with two attached hydrogens (primary N) is 1. The Morgan fingerprint density at radius 1 is 0.897 bits per heavy atom. The molecule has 3 aromatic rings. The normalized spacial score (nSPS) is 13.7. The predicted molar refractivity (Wildman–Crippen MR) is 121 cm³/mol. The summed E-state index contributed by atoms with van der Waals surface area (Å²) in [5.74, 6) is 0.173. The van der Waals surface area contributed by atoms with Crippen LogP contribution in [0, 0.1) is 11.7 Å². The summed E-state index contributed by atoms with van der Waals surface area (Å²) in [7, 11) is 0. The van der Waals surface area contributed by atoms with E-state index in [-0.39, 0.29) is 11.9 Å². The number of nitrogens with zero attached hydrogens (tertiary/aromatic N) is 1. The van der Waals surface area contributed by atoms with E-state index in [9.17, 15) is 4.39 Å². The third kappa shape index (κ3) is 5.55. The SMILES string of the molecule is CCC(C)/C=C(\CC(N)c1ccc(F)cc1)N(c1ccccc1)c1ccccc1. The zero-order valence-electron chi connectivity index (χ0n) is 17.1. The van der Waals surface area contributed by atoms with Crippen LogP contribution in [-0.2, 0) is 0 Å². The van der Waals surface area contributed by atoms with Gasteiger partial charge in [-0.25, -0.2) is 4.39 Å². The number of allylic oxidation sites excluding steroid dienone is 1. The monoisotopic (exact) mass is 388 g/mol. The molecule has 0 amide bonds. The Bertz CT molecular complexity index is 865. The molecule has 0 aliphatic rings. The second-order valence-corrected chi connectivity index (χ2v) is 7.41. The van der Waals surface area contributed by atoms with Crippen molar-refractivity contribution in [2.75, 3.05) is 4.90 Å². The molecule has 0 spiro atoms. The Hall–Kier alpha value is -2.91.